The quantitative estimate of drug-likeness (QED) is 0.430. The lowest BCUT2D eigenvalue weighted by molar-refractivity contribution is -0.119. The molecule has 0 aliphatic heterocycles. The van der Waals surface area contributed by atoms with Crippen molar-refractivity contribution in [2.45, 2.75) is 0 Å². The van der Waals surface area contributed by atoms with Crippen LogP contribution in [-0.4, -0.2) is 39.8 Å². The second-order valence-electron chi connectivity index (χ2n) is 6.84. The average Bonchev–Trinajstić information content (AvgIpc) is 3.18. The highest BCUT2D eigenvalue weighted by Gasteiger charge is 2.17. The molecule has 0 aliphatic carbocycles. The number of fused-ring (bicyclic) bond motifs is 3. The Morgan fingerprint density at radius 3 is 2.31 bits per heavy atom. The maximum atomic E-state index is 12.4. The third-order valence-corrected chi connectivity index (χ3v) is 4.93. The fourth-order valence-electron chi connectivity index (χ4n) is 3.38. The fraction of sp³-hybridized carbons (Fsp3) is 0.167. The fourth-order valence-corrected chi connectivity index (χ4v) is 3.38. The standard InChI is InChI=1S/C24H21NO7/c1-28-19-9-8-14(10-22(19)30-3)24(27)31-13-23(26)25-17-12-20-16(11-21(17)29-2)15-6-4-5-7-18(15)32-20/h4-12H,13H2,1-3H3,(H,25,26). The number of carbonyl (C=O) groups excluding carboxylic acids is 2. The van der Waals surface area contributed by atoms with Gasteiger partial charge in [-0.15, -0.1) is 0 Å². The molecule has 8 heteroatoms. The summed E-state index contributed by atoms with van der Waals surface area (Å²) in [4.78, 5) is 24.8. The highest BCUT2D eigenvalue weighted by molar-refractivity contribution is 6.08. The van der Waals surface area contributed by atoms with Gasteiger partial charge in [0, 0.05) is 16.8 Å². The molecule has 0 saturated carbocycles. The summed E-state index contributed by atoms with van der Waals surface area (Å²) in [6.07, 6.45) is 0. The van der Waals surface area contributed by atoms with Crippen LogP contribution in [0.2, 0.25) is 0 Å². The molecule has 0 bridgehead atoms. The van der Waals surface area contributed by atoms with Crippen LogP contribution >= 0.6 is 0 Å². The molecule has 0 unspecified atom stereocenters. The number of ether oxygens (including phenoxy) is 4. The number of anilines is 1. The number of para-hydroxylation sites is 1. The normalized spacial score (nSPS) is 10.7. The smallest absolute Gasteiger partial charge is 0.338 e. The van der Waals surface area contributed by atoms with Crippen molar-refractivity contribution >= 4 is 39.5 Å². The molecule has 4 rings (SSSR count). The van der Waals surface area contributed by atoms with Gasteiger partial charge in [0.2, 0.25) is 0 Å². The van der Waals surface area contributed by atoms with E-state index >= 15 is 0 Å². The molecule has 4 aromatic rings. The Kier molecular flexibility index (Phi) is 5.85. The van der Waals surface area contributed by atoms with Crippen LogP contribution in [0.4, 0.5) is 5.69 Å². The van der Waals surface area contributed by atoms with Crippen LogP contribution in [0.25, 0.3) is 21.9 Å². The van der Waals surface area contributed by atoms with Gasteiger partial charge in [0.05, 0.1) is 32.6 Å². The zero-order chi connectivity index (χ0) is 22.7. The number of rotatable bonds is 7. The molecule has 3 aromatic carbocycles. The topological polar surface area (TPSA) is 96.2 Å². The van der Waals surface area contributed by atoms with Crippen molar-refractivity contribution in [3.8, 4) is 17.2 Å². The lowest BCUT2D eigenvalue weighted by Gasteiger charge is -2.11. The van der Waals surface area contributed by atoms with E-state index in [0.717, 1.165) is 16.4 Å². The van der Waals surface area contributed by atoms with Gasteiger partial charge in [0.25, 0.3) is 5.91 Å². The highest BCUT2D eigenvalue weighted by Crippen LogP contribution is 2.36. The van der Waals surface area contributed by atoms with E-state index in [9.17, 15) is 9.59 Å². The number of furan rings is 1. The molecule has 0 fully saturated rings. The summed E-state index contributed by atoms with van der Waals surface area (Å²) in [5.41, 5.74) is 1.98. The van der Waals surface area contributed by atoms with Crippen LogP contribution in [0.15, 0.2) is 59.0 Å². The molecule has 0 aliphatic rings. The van der Waals surface area contributed by atoms with Gasteiger partial charge in [-0.2, -0.15) is 0 Å². The van der Waals surface area contributed by atoms with Gasteiger partial charge >= 0.3 is 5.97 Å². The molecular formula is C24H21NO7. The van der Waals surface area contributed by atoms with Gasteiger partial charge in [-0.3, -0.25) is 4.79 Å². The maximum absolute atomic E-state index is 12.4. The molecule has 1 heterocycles. The molecule has 1 aromatic heterocycles. The van der Waals surface area contributed by atoms with E-state index < -0.39 is 18.5 Å². The molecule has 8 nitrogen and oxygen atoms in total. The second kappa shape index (κ2) is 8.89. The molecule has 0 radical (unpaired) electrons. The Morgan fingerprint density at radius 1 is 0.812 bits per heavy atom. The summed E-state index contributed by atoms with van der Waals surface area (Å²) in [5, 5.41) is 4.52. The number of nitrogens with one attached hydrogen (secondary N) is 1. The molecule has 1 N–H and O–H groups in total. The van der Waals surface area contributed by atoms with Crippen molar-refractivity contribution in [3.05, 3.63) is 60.2 Å². The molecular weight excluding hydrogens is 414 g/mol. The summed E-state index contributed by atoms with van der Waals surface area (Å²) in [6, 6.07) is 15.7. The van der Waals surface area contributed by atoms with E-state index in [2.05, 4.69) is 5.32 Å². The maximum Gasteiger partial charge on any atom is 0.338 e. The van der Waals surface area contributed by atoms with Crippen LogP contribution in [0.1, 0.15) is 10.4 Å². The number of benzene rings is 3. The highest BCUT2D eigenvalue weighted by atomic mass is 16.5. The first-order chi connectivity index (χ1) is 15.5. The van der Waals surface area contributed by atoms with Crippen LogP contribution in [-0.2, 0) is 9.53 Å². The van der Waals surface area contributed by atoms with Gasteiger partial charge in [-0.25, -0.2) is 4.79 Å². The molecule has 0 spiro atoms. The monoisotopic (exact) mass is 435 g/mol. The van der Waals surface area contributed by atoms with Gasteiger partial charge < -0.3 is 28.7 Å². The summed E-state index contributed by atoms with van der Waals surface area (Å²) < 4.78 is 26.7. The second-order valence-corrected chi connectivity index (χ2v) is 6.84. The third-order valence-electron chi connectivity index (χ3n) is 4.93. The Morgan fingerprint density at radius 2 is 1.56 bits per heavy atom. The SMILES string of the molecule is COc1cc2c(cc1NC(=O)COC(=O)c1ccc(OC)c(OC)c1)oc1ccccc12. The minimum atomic E-state index is -0.666. The van der Waals surface area contributed by atoms with Crippen molar-refractivity contribution in [3.63, 3.8) is 0 Å². The van der Waals surface area contributed by atoms with Crippen molar-refractivity contribution < 1.29 is 33.0 Å². The van der Waals surface area contributed by atoms with Crippen molar-refractivity contribution in [2.75, 3.05) is 33.3 Å². The van der Waals surface area contributed by atoms with E-state index in [1.807, 2.05) is 24.3 Å². The number of carbonyl (C=O) groups is 2. The number of hydrogen-bond donors (Lipinski definition) is 1. The summed E-state index contributed by atoms with van der Waals surface area (Å²) >= 11 is 0. The minimum absolute atomic E-state index is 0.233. The van der Waals surface area contributed by atoms with Crippen LogP contribution < -0.4 is 19.5 Å². The summed E-state index contributed by atoms with van der Waals surface area (Å²) in [6.45, 7) is -0.478. The molecule has 32 heavy (non-hydrogen) atoms. The van der Waals surface area contributed by atoms with Crippen LogP contribution in [0.5, 0.6) is 17.2 Å². The predicted octanol–water partition coefficient (Wildman–Crippen LogP) is 4.41. The Hall–Kier alpha value is -4.20. The number of esters is 1. The van der Waals surface area contributed by atoms with Crippen molar-refractivity contribution in [1.29, 1.82) is 0 Å². The average molecular weight is 435 g/mol. The van der Waals surface area contributed by atoms with E-state index in [1.165, 1.54) is 33.5 Å². The first-order valence-electron chi connectivity index (χ1n) is 9.72. The van der Waals surface area contributed by atoms with Crippen LogP contribution in [0.3, 0.4) is 0 Å². The van der Waals surface area contributed by atoms with Gasteiger partial charge in [-0.1, -0.05) is 18.2 Å². The van der Waals surface area contributed by atoms with E-state index in [0.29, 0.717) is 28.5 Å². The lowest BCUT2D eigenvalue weighted by atomic mass is 10.1. The third kappa shape index (κ3) is 4.02. The molecule has 0 atom stereocenters. The van der Waals surface area contributed by atoms with Crippen LogP contribution in [0, 0.1) is 0 Å². The minimum Gasteiger partial charge on any atom is -0.495 e. The van der Waals surface area contributed by atoms with Gasteiger partial charge in [0.15, 0.2) is 18.1 Å². The Labute approximate surface area is 183 Å². The summed E-state index contributed by atoms with van der Waals surface area (Å²) in [7, 11) is 4.47. The van der Waals surface area contributed by atoms with Gasteiger partial charge in [-0.05, 0) is 30.3 Å². The summed E-state index contributed by atoms with van der Waals surface area (Å²) in [5.74, 6) is 0.141. The van der Waals surface area contributed by atoms with E-state index in [1.54, 1.807) is 18.2 Å². The number of amides is 1. The predicted molar refractivity (Wildman–Crippen MR) is 119 cm³/mol. The Balaban J connectivity index is 1.48. The van der Waals surface area contributed by atoms with E-state index in [4.69, 9.17) is 23.4 Å². The van der Waals surface area contributed by atoms with Crippen molar-refractivity contribution in [1.82, 2.24) is 0 Å². The van der Waals surface area contributed by atoms with Crippen molar-refractivity contribution in [2.24, 2.45) is 0 Å². The Bertz CT molecular complexity index is 1310. The van der Waals surface area contributed by atoms with Gasteiger partial charge in [0.1, 0.15) is 16.9 Å². The molecule has 164 valence electrons. The first kappa shape index (κ1) is 21.0. The largest absolute Gasteiger partial charge is 0.495 e. The number of hydrogen-bond acceptors (Lipinski definition) is 7. The van der Waals surface area contributed by atoms with E-state index in [-0.39, 0.29) is 5.56 Å². The number of methoxy groups -OCH3 is 3. The molecule has 1 amide bonds. The lowest BCUT2D eigenvalue weighted by Crippen LogP contribution is -2.21. The zero-order valence-electron chi connectivity index (χ0n) is 17.8. The zero-order valence-corrected chi connectivity index (χ0v) is 17.8. The first-order valence-corrected chi connectivity index (χ1v) is 9.72. The molecule has 0 saturated heterocycles.